The molecular formula is C31H29F2N5O2S. The fourth-order valence-electron chi connectivity index (χ4n) is 5.41. The highest BCUT2D eigenvalue weighted by Gasteiger charge is 2.23. The molecule has 210 valence electrons. The Morgan fingerprint density at radius 1 is 0.976 bits per heavy atom. The van der Waals surface area contributed by atoms with Gasteiger partial charge in [0.1, 0.15) is 22.3 Å². The molecule has 6 rings (SSSR count). The molecule has 7 nitrogen and oxygen atoms in total. The first kappa shape index (κ1) is 27.0. The minimum absolute atomic E-state index is 0.0432. The summed E-state index contributed by atoms with van der Waals surface area (Å²) in [4.78, 5) is 24.7. The molecule has 41 heavy (non-hydrogen) atoms. The van der Waals surface area contributed by atoms with Crippen molar-refractivity contribution in [2.75, 3.05) is 37.6 Å². The van der Waals surface area contributed by atoms with Gasteiger partial charge in [0.15, 0.2) is 0 Å². The molecule has 0 aliphatic carbocycles. The second-order valence-electron chi connectivity index (χ2n) is 10.2. The maximum Gasteiger partial charge on any atom is 0.317 e. The number of thiazole rings is 1. The number of rotatable bonds is 7. The van der Waals surface area contributed by atoms with Gasteiger partial charge < -0.3 is 10.0 Å². The third-order valence-corrected chi connectivity index (χ3v) is 8.50. The first-order valence-corrected chi connectivity index (χ1v) is 14.4. The maximum absolute atomic E-state index is 16.2. The Morgan fingerprint density at radius 2 is 1.71 bits per heavy atom. The molecule has 1 fully saturated rings. The standard InChI is InChI=1S/C31H29F2N5O2S/c1-3-25-30(38-16-22(8-11-27(38)34-25)37-14-12-36(13-15-37)17-28(39)40)24-10-9-23(19(2)29(24)33)31-35-26(18-41-31)20-4-6-21(32)7-5-20/h4-11,16,18H,3,12-15,17H2,1-2H3,(H,39,40). The summed E-state index contributed by atoms with van der Waals surface area (Å²) in [6.45, 7) is 6.57. The van der Waals surface area contributed by atoms with Crippen LogP contribution in [-0.2, 0) is 11.2 Å². The van der Waals surface area contributed by atoms with E-state index < -0.39 is 5.97 Å². The number of aromatic nitrogens is 3. The quantitative estimate of drug-likeness (QED) is 0.252. The van der Waals surface area contributed by atoms with Crippen molar-refractivity contribution in [2.24, 2.45) is 0 Å². The highest BCUT2D eigenvalue weighted by molar-refractivity contribution is 7.13. The maximum atomic E-state index is 16.2. The number of fused-ring (bicyclic) bond motifs is 1. The van der Waals surface area contributed by atoms with Gasteiger partial charge in [0.2, 0.25) is 0 Å². The minimum Gasteiger partial charge on any atom is -0.480 e. The number of carbonyl (C=O) groups is 1. The molecule has 3 aromatic heterocycles. The van der Waals surface area contributed by atoms with Gasteiger partial charge in [-0.25, -0.2) is 18.7 Å². The van der Waals surface area contributed by atoms with E-state index in [1.807, 2.05) is 46.0 Å². The van der Waals surface area contributed by atoms with Crippen LogP contribution in [0.2, 0.25) is 0 Å². The highest BCUT2D eigenvalue weighted by atomic mass is 32.1. The van der Waals surface area contributed by atoms with Crippen LogP contribution in [0.3, 0.4) is 0 Å². The van der Waals surface area contributed by atoms with E-state index in [0.29, 0.717) is 48.7 Å². The number of imidazole rings is 1. The normalized spacial score (nSPS) is 14.2. The predicted octanol–water partition coefficient (Wildman–Crippen LogP) is 6.15. The minimum atomic E-state index is -0.818. The summed E-state index contributed by atoms with van der Waals surface area (Å²) in [7, 11) is 0. The van der Waals surface area contributed by atoms with E-state index in [1.54, 1.807) is 25.1 Å². The second-order valence-corrected chi connectivity index (χ2v) is 11.0. The molecule has 2 aromatic carbocycles. The predicted molar refractivity (Wildman–Crippen MR) is 157 cm³/mol. The average Bonchev–Trinajstić information content (AvgIpc) is 3.60. The zero-order chi connectivity index (χ0) is 28.7. The number of hydrogen-bond donors (Lipinski definition) is 1. The number of halogens is 2. The van der Waals surface area contributed by atoms with E-state index in [0.717, 1.165) is 39.5 Å². The summed E-state index contributed by atoms with van der Waals surface area (Å²) < 4.78 is 31.5. The first-order valence-electron chi connectivity index (χ1n) is 13.5. The molecular weight excluding hydrogens is 544 g/mol. The molecule has 0 atom stereocenters. The number of pyridine rings is 1. The Kier molecular flexibility index (Phi) is 7.27. The van der Waals surface area contributed by atoms with Crippen molar-refractivity contribution in [3.05, 3.63) is 83.0 Å². The Labute approximate surface area is 240 Å². The van der Waals surface area contributed by atoms with E-state index in [2.05, 4.69) is 4.90 Å². The van der Waals surface area contributed by atoms with Crippen molar-refractivity contribution in [1.29, 1.82) is 0 Å². The van der Waals surface area contributed by atoms with E-state index >= 15 is 4.39 Å². The summed E-state index contributed by atoms with van der Waals surface area (Å²) in [5, 5.41) is 11.7. The van der Waals surface area contributed by atoms with E-state index in [9.17, 15) is 9.18 Å². The van der Waals surface area contributed by atoms with Crippen LogP contribution in [0.25, 0.3) is 38.7 Å². The van der Waals surface area contributed by atoms with Crippen LogP contribution in [0, 0.1) is 18.6 Å². The van der Waals surface area contributed by atoms with Crippen LogP contribution < -0.4 is 4.90 Å². The molecule has 0 unspecified atom stereocenters. The van der Waals surface area contributed by atoms with Gasteiger partial charge in [0.05, 0.1) is 29.3 Å². The third kappa shape index (κ3) is 5.20. The number of carboxylic acid groups (broad SMARTS) is 1. The summed E-state index contributed by atoms with van der Waals surface area (Å²) in [5.74, 6) is -1.44. The van der Waals surface area contributed by atoms with Crippen molar-refractivity contribution >= 4 is 28.6 Å². The third-order valence-electron chi connectivity index (χ3n) is 7.62. The molecule has 1 aliphatic rings. The van der Waals surface area contributed by atoms with Crippen molar-refractivity contribution < 1.29 is 18.7 Å². The molecule has 1 aliphatic heterocycles. The molecule has 4 heterocycles. The number of aryl methyl sites for hydroxylation is 1. The molecule has 5 aromatic rings. The molecule has 1 saturated heterocycles. The molecule has 0 spiro atoms. The largest absolute Gasteiger partial charge is 0.480 e. The Morgan fingerprint density at radius 3 is 2.41 bits per heavy atom. The van der Waals surface area contributed by atoms with Crippen molar-refractivity contribution in [3.8, 4) is 33.1 Å². The number of aliphatic carboxylic acids is 1. The monoisotopic (exact) mass is 573 g/mol. The second kappa shape index (κ2) is 11.0. The lowest BCUT2D eigenvalue weighted by molar-refractivity contribution is -0.138. The lowest BCUT2D eigenvalue weighted by Gasteiger charge is -2.35. The smallest absolute Gasteiger partial charge is 0.317 e. The zero-order valence-electron chi connectivity index (χ0n) is 22.8. The Hall–Kier alpha value is -4.15. The number of benzene rings is 2. The number of hydrogen-bond acceptors (Lipinski definition) is 6. The molecule has 0 saturated carbocycles. The van der Waals surface area contributed by atoms with Crippen molar-refractivity contribution in [3.63, 3.8) is 0 Å². The van der Waals surface area contributed by atoms with E-state index in [4.69, 9.17) is 15.1 Å². The lowest BCUT2D eigenvalue weighted by atomic mass is 10.0. The summed E-state index contributed by atoms with van der Waals surface area (Å²) in [6, 6.07) is 13.9. The van der Waals surface area contributed by atoms with Crippen LogP contribution in [0.15, 0.2) is 60.1 Å². The Balaban J connectivity index is 1.34. The zero-order valence-corrected chi connectivity index (χ0v) is 23.6. The fourth-order valence-corrected chi connectivity index (χ4v) is 6.32. The fraction of sp³-hybridized carbons (Fsp3) is 0.258. The van der Waals surface area contributed by atoms with Crippen molar-refractivity contribution in [1.82, 2.24) is 19.3 Å². The summed E-state index contributed by atoms with van der Waals surface area (Å²) in [6.07, 6.45) is 2.65. The highest BCUT2D eigenvalue weighted by Crippen LogP contribution is 2.37. The van der Waals surface area contributed by atoms with Gasteiger partial charge in [-0.1, -0.05) is 13.0 Å². The van der Waals surface area contributed by atoms with E-state index in [1.165, 1.54) is 23.5 Å². The number of carboxylic acids is 1. The van der Waals surface area contributed by atoms with Gasteiger partial charge in [-0.3, -0.25) is 14.1 Å². The molecule has 1 N–H and O–H groups in total. The van der Waals surface area contributed by atoms with Gasteiger partial charge >= 0.3 is 5.97 Å². The Bertz CT molecular complexity index is 1740. The van der Waals surface area contributed by atoms with E-state index in [-0.39, 0.29) is 18.2 Å². The van der Waals surface area contributed by atoms with Crippen LogP contribution in [0.1, 0.15) is 18.2 Å². The number of piperazine rings is 1. The SMILES string of the molecule is CCc1nc2ccc(N3CCN(CC(=O)O)CC3)cn2c1-c1ccc(-c2nc(-c3ccc(F)cc3)cs2)c(C)c1F. The molecule has 10 heteroatoms. The van der Waals surface area contributed by atoms with Gasteiger partial charge in [-0.2, -0.15) is 0 Å². The molecule has 0 radical (unpaired) electrons. The van der Waals surface area contributed by atoms with Gasteiger partial charge in [-0.15, -0.1) is 11.3 Å². The van der Waals surface area contributed by atoms with Gasteiger partial charge in [-0.05, 0) is 61.4 Å². The number of anilines is 1. The van der Waals surface area contributed by atoms with Crippen LogP contribution in [-0.4, -0.2) is 63.1 Å². The topological polar surface area (TPSA) is 74.0 Å². The summed E-state index contributed by atoms with van der Waals surface area (Å²) in [5.41, 5.74) is 6.51. The van der Waals surface area contributed by atoms with Gasteiger partial charge in [0.25, 0.3) is 0 Å². The van der Waals surface area contributed by atoms with Crippen LogP contribution in [0.4, 0.5) is 14.5 Å². The molecule has 0 amide bonds. The van der Waals surface area contributed by atoms with Crippen LogP contribution in [0.5, 0.6) is 0 Å². The number of nitrogens with zero attached hydrogens (tertiary/aromatic N) is 5. The molecule has 0 bridgehead atoms. The van der Waals surface area contributed by atoms with Gasteiger partial charge in [0, 0.05) is 54.4 Å². The lowest BCUT2D eigenvalue weighted by Crippen LogP contribution is -2.48. The van der Waals surface area contributed by atoms with Crippen LogP contribution >= 0.6 is 11.3 Å². The first-order chi connectivity index (χ1) is 19.8. The average molecular weight is 574 g/mol. The van der Waals surface area contributed by atoms with Crippen molar-refractivity contribution in [2.45, 2.75) is 20.3 Å². The summed E-state index contributed by atoms with van der Waals surface area (Å²) >= 11 is 1.43.